The summed E-state index contributed by atoms with van der Waals surface area (Å²) in [6.45, 7) is 10.1. The summed E-state index contributed by atoms with van der Waals surface area (Å²) in [5.41, 5.74) is 0.847. The van der Waals surface area contributed by atoms with Crippen LogP contribution < -0.4 is 19.1 Å². The fourth-order valence-corrected chi connectivity index (χ4v) is 4.69. The number of carbonyl (C=O) groups is 1. The molecule has 0 N–H and O–H groups in total. The number of likely N-dealkylation sites (N-methyl/N-ethyl adjacent to an activating group) is 1. The standard InChI is InChI=1S/C24H29N3O4S/c1-4-26(5-2)13-14-27(23(28)21-16-30-19-9-7-8-10-20(19)31-21)24-25-18-12-11-17(29-6-3)15-22(18)32-24/h7-12,15,21H,4-6,13-14,16H2,1-3H3. The van der Waals surface area contributed by atoms with Gasteiger partial charge in [0.2, 0.25) is 6.10 Å². The molecule has 0 spiro atoms. The van der Waals surface area contributed by atoms with Crippen LogP contribution in [0, 0.1) is 0 Å². The summed E-state index contributed by atoms with van der Waals surface area (Å²) in [5, 5.41) is 0.660. The van der Waals surface area contributed by atoms with Crippen LogP contribution in [-0.2, 0) is 4.79 Å². The lowest BCUT2D eigenvalue weighted by molar-refractivity contribution is -0.127. The first-order valence-corrected chi connectivity index (χ1v) is 11.9. The Kier molecular flexibility index (Phi) is 7.12. The molecule has 0 fully saturated rings. The zero-order valence-corrected chi connectivity index (χ0v) is 19.6. The molecule has 1 aliphatic rings. The fourth-order valence-electron chi connectivity index (χ4n) is 3.66. The van der Waals surface area contributed by atoms with Crippen LogP contribution in [0.25, 0.3) is 10.2 Å². The summed E-state index contributed by atoms with van der Waals surface area (Å²) in [4.78, 5) is 22.4. The van der Waals surface area contributed by atoms with E-state index in [2.05, 4.69) is 18.7 Å². The van der Waals surface area contributed by atoms with Gasteiger partial charge in [-0.3, -0.25) is 9.69 Å². The number of hydrogen-bond donors (Lipinski definition) is 0. The number of ether oxygens (including phenoxy) is 3. The van der Waals surface area contributed by atoms with Crippen molar-refractivity contribution in [3.63, 3.8) is 0 Å². The van der Waals surface area contributed by atoms with Crippen LogP contribution in [0.5, 0.6) is 17.2 Å². The molecular weight excluding hydrogens is 426 g/mol. The molecule has 0 bridgehead atoms. The largest absolute Gasteiger partial charge is 0.494 e. The van der Waals surface area contributed by atoms with Crippen molar-refractivity contribution in [2.45, 2.75) is 26.9 Å². The number of thiazole rings is 1. The van der Waals surface area contributed by atoms with E-state index < -0.39 is 6.10 Å². The van der Waals surface area contributed by atoms with E-state index >= 15 is 0 Å². The second-order valence-electron chi connectivity index (χ2n) is 7.44. The van der Waals surface area contributed by atoms with E-state index in [0.29, 0.717) is 29.8 Å². The molecule has 0 radical (unpaired) electrons. The number of aromatic nitrogens is 1. The van der Waals surface area contributed by atoms with Crippen molar-refractivity contribution < 1.29 is 19.0 Å². The molecule has 8 heteroatoms. The van der Waals surface area contributed by atoms with Gasteiger partial charge in [-0.25, -0.2) is 4.98 Å². The minimum absolute atomic E-state index is 0.143. The average molecular weight is 456 g/mol. The highest BCUT2D eigenvalue weighted by molar-refractivity contribution is 7.22. The molecule has 32 heavy (non-hydrogen) atoms. The van der Waals surface area contributed by atoms with Crippen LogP contribution in [0.1, 0.15) is 20.8 Å². The van der Waals surface area contributed by atoms with Gasteiger partial charge < -0.3 is 19.1 Å². The third-order valence-corrected chi connectivity index (χ3v) is 6.52. The highest BCUT2D eigenvalue weighted by atomic mass is 32.1. The number of fused-ring (bicyclic) bond motifs is 2. The number of hydrogen-bond acceptors (Lipinski definition) is 7. The van der Waals surface area contributed by atoms with E-state index in [4.69, 9.17) is 19.2 Å². The maximum Gasteiger partial charge on any atom is 0.273 e. The van der Waals surface area contributed by atoms with Crippen molar-refractivity contribution in [1.82, 2.24) is 9.88 Å². The number of nitrogens with zero attached hydrogens (tertiary/aromatic N) is 3. The van der Waals surface area contributed by atoms with Crippen LogP contribution >= 0.6 is 11.3 Å². The number of carbonyl (C=O) groups excluding carboxylic acids is 1. The van der Waals surface area contributed by atoms with Gasteiger partial charge in [0.05, 0.1) is 16.8 Å². The minimum atomic E-state index is -0.715. The van der Waals surface area contributed by atoms with Crippen LogP contribution in [-0.4, -0.2) is 61.3 Å². The topological polar surface area (TPSA) is 64.1 Å². The zero-order valence-electron chi connectivity index (χ0n) is 18.7. The van der Waals surface area contributed by atoms with Gasteiger partial charge in [-0.2, -0.15) is 0 Å². The van der Waals surface area contributed by atoms with Crippen molar-refractivity contribution in [1.29, 1.82) is 0 Å². The van der Waals surface area contributed by atoms with Gasteiger partial charge in [-0.15, -0.1) is 0 Å². The van der Waals surface area contributed by atoms with E-state index in [1.807, 2.05) is 49.4 Å². The third-order valence-electron chi connectivity index (χ3n) is 5.47. The fraction of sp³-hybridized carbons (Fsp3) is 0.417. The van der Waals surface area contributed by atoms with Crippen LogP contribution in [0.3, 0.4) is 0 Å². The van der Waals surface area contributed by atoms with E-state index in [9.17, 15) is 4.79 Å². The molecule has 1 aliphatic heterocycles. The molecule has 2 aromatic carbocycles. The lowest BCUT2D eigenvalue weighted by Gasteiger charge is -2.30. The van der Waals surface area contributed by atoms with Crippen molar-refractivity contribution in [2.24, 2.45) is 0 Å². The first kappa shape index (κ1) is 22.4. The van der Waals surface area contributed by atoms with E-state index in [1.54, 1.807) is 4.90 Å². The zero-order chi connectivity index (χ0) is 22.5. The van der Waals surface area contributed by atoms with Gasteiger partial charge >= 0.3 is 0 Å². The molecule has 7 nitrogen and oxygen atoms in total. The Balaban J connectivity index is 1.61. The Labute approximate surface area is 192 Å². The highest BCUT2D eigenvalue weighted by Crippen LogP contribution is 2.34. The molecule has 3 aromatic rings. The minimum Gasteiger partial charge on any atom is -0.494 e. The molecular formula is C24H29N3O4S. The average Bonchev–Trinajstić information content (AvgIpc) is 3.24. The Morgan fingerprint density at radius 1 is 1.12 bits per heavy atom. The van der Waals surface area contributed by atoms with Crippen LogP contribution in [0.4, 0.5) is 5.13 Å². The maximum absolute atomic E-state index is 13.6. The number of anilines is 1. The summed E-state index contributed by atoms with van der Waals surface area (Å²) in [6.07, 6.45) is -0.715. The molecule has 170 valence electrons. The van der Waals surface area contributed by atoms with Gasteiger partial charge in [0.1, 0.15) is 12.4 Å². The summed E-state index contributed by atoms with van der Waals surface area (Å²) < 4.78 is 18.4. The van der Waals surface area contributed by atoms with E-state index in [1.165, 1.54) is 11.3 Å². The molecule has 0 saturated heterocycles. The van der Waals surface area contributed by atoms with E-state index in [-0.39, 0.29) is 12.5 Å². The highest BCUT2D eigenvalue weighted by Gasteiger charge is 2.33. The quantitative estimate of drug-likeness (QED) is 0.482. The van der Waals surface area contributed by atoms with Crippen molar-refractivity contribution in [3.05, 3.63) is 42.5 Å². The normalized spacial score (nSPS) is 15.2. The Bertz CT molecular complexity index is 1070. The summed E-state index contributed by atoms with van der Waals surface area (Å²) in [5.74, 6) is 1.91. The van der Waals surface area contributed by atoms with Gasteiger partial charge in [0.15, 0.2) is 16.6 Å². The summed E-state index contributed by atoms with van der Waals surface area (Å²) >= 11 is 1.49. The van der Waals surface area contributed by atoms with Crippen molar-refractivity contribution >= 4 is 32.6 Å². The van der Waals surface area contributed by atoms with Gasteiger partial charge in [-0.05, 0) is 50.3 Å². The second kappa shape index (κ2) is 10.2. The molecule has 1 amide bonds. The third kappa shape index (κ3) is 4.81. The Hall–Kier alpha value is -2.84. The monoisotopic (exact) mass is 455 g/mol. The smallest absolute Gasteiger partial charge is 0.273 e. The molecule has 1 aromatic heterocycles. The predicted octanol–water partition coefficient (Wildman–Crippen LogP) is 4.21. The van der Waals surface area contributed by atoms with Gasteiger partial charge in [0.25, 0.3) is 5.91 Å². The SMILES string of the molecule is CCOc1ccc2nc(N(CCN(CC)CC)C(=O)C3COc4ccccc4O3)sc2c1. The molecule has 0 aliphatic carbocycles. The number of para-hydroxylation sites is 2. The first-order valence-electron chi connectivity index (χ1n) is 11.1. The van der Waals surface area contributed by atoms with Crippen LogP contribution in [0.15, 0.2) is 42.5 Å². The lowest BCUT2D eigenvalue weighted by Crippen LogP contribution is -2.48. The maximum atomic E-state index is 13.6. The summed E-state index contributed by atoms with van der Waals surface area (Å²) in [6, 6.07) is 13.2. The van der Waals surface area contributed by atoms with Crippen LogP contribution in [0.2, 0.25) is 0 Å². The second-order valence-corrected chi connectivity index (χ2v) is 8.45. The van der Waals surface area contributed by atoms with Gasteiger partial charge in [-0.1, -0.05) is 37.3 Å². The van der Waals surface area contributed by atoms with Gasteiger partial charge in [0, 0.05) is 13.1 Å². The summed E-state index contributed by atoms with van der Waals surface area (Å²) in [7, 11) is 0. The lowest BCUT2D eigenvalue weighted by atomic mass is 10.2. The molecule has 0 saturated carbocycles. The molecule has 4 rings (SSSR count). The molecule has 1 atom stereocenters. The predicted molar refractivity (Wildman–Crippen MR) is 127 cm³/mol. The number of amides is 1. The Morgan fingerprint density at radius 3 is 2.66 bits per heavy atom. The number of rotatable bonds is 9. The van der Waals surface area contributed by atoms with Crippen molar-refractivity contribution in [3.8, 4) is 17.2 Å². The first-order chi connectivity index (χ1) is 15.6. The van der Waals surface area contributed by atoms with Crippen molar-refractivity contribution in [2.75, 3.05) is 44.3 Å². The molecule has 1 unspecified atom stereocenters. The number of benzene rings is 2. The Morgan fingerprint density at radius 2 is 1.91 bits per heavy atom. The van der Waals surface area contributed by atoms with E-state index in [0.717, 1.165) is 35.6 Å². The molecule has 2 heterocycles.